The zero-order valence-electron chi connectivity index (χ0n) is 14.8. The third kappa shape index (κ3) is 4.19. The van der Waals surface area contributed by atoms with Crippen LogP contribution >= 0.6 is 0 Å². The number of likely N-dealkylation sites (tertiary alicyclic amines) is 1. The van der Waals surface area contributed by atoms with Crippen molar-refractivity contribution in [1.29, 1.82) is 0 Å². The summed E-state index contributed by atoms with van der Waals surface area (Å²) in [6, 6.07) is 0.256. The Hall–Kier alpha value is -1.34. The van der Waals surface area contributed by atoms with E-state index < -0.39 is 0 Å². The van der Waals surface area contributed by atoms with Crippen molar-refractivity contribution in [2.24, 2.45) is 4.99 Å². The van der Waals surface area contributed by atoms with E-state index in [2.05, 4.69) is 25.8 Å². The maximum Gasteiger partial charge on any atom is 0.220 e. The van der Waals surface area contributed by atoms with Gasteiger partial charge in [0.15, 0.2) is 5.96 Å². The summed E-state index contributed by atoms with van der Waals surface area (Å²) < 4.78 is 5.61. The summed E-state index contributed by atoms with van der Waals surface area (Å²) in [6.45, 7) is 5.65. The van der Waals surface area contributed by atoms with Gasteiger partial charge in [-0.05, 0) is 45.2 Å². The molecule has 3 aliphatic heterocycles. The zero-order valence-corrected chi connectivity index (χ0v) is 14.8. The fourth-order valence-corrected chi connectivity index (χ4v) is 4.04. The molecule has 3 heterocycles. The molecule has 3 rings (SSSR count). The Kier molecular flexibility index (Phi) is 5.94. The third-order valence-corrected chi connectivity index (χ3v) is 5.62. The van der Waals surface area contributed by atoms with Crippen LogP contribution in [-0.2, 0) is 9.53 Å². The largest absolute Gasteiger partial charge is 0.381 e. The second-order valence-electron chi connectivity index (χ2n) is 7.14. The fraction of sp³-hybridized carbons (Fsp3) is 0.882. The summed E-state index contributed by atoms with van der Waals surface area (Å²) in [5.41, 5.74) is 0.188. The highest BCUT2D eigenvalue weighted by atomic mass is 16.5. The lowest BCUT2D eigenvalue weighted by molar-refractivity contribution is -0.122. The first kappa shape index (κ1) is 17.5. The zero-order chi connectivity index (χ0) is 16.8. The molecule has 0 aliphatic carbocycles. The standard InChI is InChI=1S/C17H31N5O2/c1-18-16(21-14-4-5-15(23)19-12-14)20-13-17(6-10-24-11-7-17)22-8-2-3-9-22/h14H,2-13H2,1H3,(H,19,23)(H2,18,20,21). The van der Waals surface area contributed by atoms with Gasteiger partial charge in [0.25, 0.3) is 0 Å². The number of piperidine rings is 1. The van der Waals surface area contributed by atoms with Gasteiger partial charge in [-0.3, -0.25) is 14.7 Å². The number of hydrogen-bond donors (Lipinski definition) is 3. The molecule has 0 saturated carbocycles. The molecule has 0 bridgehead atoms. The first-order valence-electron chi connectivity index (χ1n) is 9.28. The molecule has 3 fully saturated rings. The molecule has 1 amide bonds. The number of amides is 1. The first-order valence-corrected chi connectivity index (χ1v) is 9.28. The van der Waals surface area contributed by atoms with E-state index in [0.717, 1.165) is 45.0 Å². The van der Waals surface area contributed by atoms with Gasteiger partial charge in [0.05, 0.1) is 0 Å². The van der Waals surface area contributed by atoms with Crippen molar-refractivity contribution in [3.8, 4) is 0 Å². The summed E-state index contributed by atoms with van der Waals surface area (Å²) in [4.78, 5) is 18.3. The van der Waals surface area contributed by atoms with Gasteiger partial charge in [0.2, 0.25) is 5.91 Å². The second-order valence-corrected chi connectivity index (χ2v) is 7.14. The molecule has 1 unspecified atom stereocenters. The van der Waals surface area contributed by atoms with E-state index in [0.29, 0.717) is 13.0 Å². The predicted molar refractivity (Wildman–Crippen MR) is 94.1 cm³/mol. The van der Waals surface area contributed by atoms with E-state index in [-0.39, 0.29) is 17.5 Å². The molecule has 3 N–H and O–H groups in total. The number of carbonyl (C=O) groups excluding carboxylic acids is 1. The second kappa shape index (κ2) is 8.16. The Morgan fingerprint density at radius 3 is 2.75 bits per heavy atom. The van der Waals surface area contributed by atoms with Crippen LogP contribution in [0.25, 0.3) is 0 Å². The van der Waals surface area contributed by atoms with E-state index in [1.54, 1.807) is 0 Å². The van der Waals surface area contributed by atoms with Crippen LogP contribution in [0.4, 0.5) is 0 Å². The van der Waals surface area contributed by atoms with Crippen LogP contribution < -0.4 is 16.0 Å². The first-order chi connectivity index (χ1) is 11.7. The van der Waals surface area contributed by atoms with Gasteiger partial charge in [-0.2, -0.15) is 0 Å². The topological polar surface area (TPSA) is 78.0 Å². The maximum absolute atomic E-state index is 11.3. The van der Waals surface area contributed by atoms with Crippen LogP contribution in [0.1, 0.15) is 38.5 Å². The van der Waals surface area contributed by atoms with Gasteiger partial charge in [-0.1, -0.05) is 0 Å². The average molecular weight is 337 g/mol. The van der Waals surface area contributed by atoms with Crippen molar-refractivity contribution in [3.05, 3.63) is 0 Å². The van der Waals surface area contributed by atoms with E-state index >= 15 is 0 Å². The van der Waals surface area contributed by atoms with Crippen LogP contribution in [0.5, 0.6) is 0 Å². The molecule has 0 aromatic rings. The lowest BCUT2D eigenvalue weighted by atomic mass is 9.88. The Morgan fingerprint density at radius 2 is 2.12 bits per heavy atom. The molecule has 3 aliphatic rings. The minimum Gasteiger partial charge on any atom is -0.381 e. The number of hydrogen-bond acceptors (Lipinski definition) is 4. The van der Waals surface area contributed by atoms with Crippen molar-refractivity contribution in [2.45, 2.75) is 50.1 Å². The van der Waals surface area contributed by atoms with E-state index in [4.69, 9.17) is 4.74 Å². The molecular formula is C17H31N5O2. The van der Waals surface area contributed by atoms with Crippen LogP contribution in [0.15, 0.2) is 4.99 Å². The molecule has 0 aromatic heterocycles. The van der Waals surface area contributed by atoms with Gasteiger partial charge in [0, 0.05) is 51.4 Å². The van der Waals surface area contributed by atoms with Crippen molar-refractivity contribution in [3.63, 3.8) is 0 Å². The molecular weight excluding hydrogens is 306 g/mol. The summed E-state index contributed by atoms with van der Waals surface area (Å²) in [5, 5.41) is 9.90. The Labute approximate surface area is 144 Å². The molecule has 7 heteroatoms. The number of guanidine groups is 1. The lowest BCUT2D eigenvalue weighted by Crippen LogP contribution is -2.60. The molecule has 0 aromatic carbocycles. The van der Waals surface area contributed by atoms with Crippen LogP contribution in [0.3, 0.4) is 0 Å². The Balaban J connectivity index is 1.55. The Bertz CT molecular complexity index is 446. The van der Waals surface area contributed by atoms with Gasteiger partial charge in [0.1, 0.15) is 0 Å². The van der Waals surface area contributed by atoms with Crippen molar-refractivity contribution >= 4 is 11.9 Å². The normalized spacial score (nSPS) is 28.5. The SMILES string of the molecule is CN=C(NCC1(N2CCCC2)CCOCC1)NC1CCC(=O)NC1. The van der Waals surface area contributed by atoms with Crippen LogP contribution in [0.2, 0.25) is 0 Å². The smallest absolute Gasteiger partial charge is 0.220 e. The van der Waals surface area contributed by atoms with Gasteiger partial charge in [-0.15, -0.1) is 0 Å². The summed E-state index contributed by atoms with van der Waals surface area (Å²) >= 11 is 0. The number of rotatable bonds is 4. The average Bonchev–Trinajstić information content (AvgIpc) is 3.16. The minimum atomic E-state index is 0.145. The number of nitrogens with zero attached hydrogens (tertiary/aromatic N) is 2. The number of ether oxygens (including phenoxy) is 1. The van der Waals surface area contributed by atoms with Gasteiger partial charge in [-0.25, -0.2) is 0 Å². The van der Waals surface area contributed by atoms with Crippen molar-refractivity contribution in [2.75, 3.05) is 46.4 Å². The highest BCUT2D eigenvalue weighted by Gasteiger charge is 2.39. The fourth-order valence-electron chi connectivity index (χ4n) is 4.04. The van der Waals surface area contributed by atoms with Crippen molar-refractivity contribution in [1.82, 2.24) is 20.9 Å². The van der Waals surface area contributed by atoms with Crippen molar-refractivity contribution < 1.29 is 9.53 Å². The maximum atomic E-state index is 11.3. The number of carbonyl (C=O) groups is 1. The monoisotopic (exact) mass is 337 g/mol. The van der Waals surface area contributed by atoms with Gasteiger partial charge < -0.3 is 20.7 Å². The summed E-state index contributed by atoms with van der Waals surface area (Å²) in [7, 11) is 1.81. The summed E-state index contributed by atoms with van der Waals surface area (Å²) in [5.74, 6) is 0.979. The van der Waals surface area contributed by atoms with E-state index in [1.807, 2.05) is 7.05 Å². The quantitative estimate of drug-likeness (QED) is 0.500. The lowest BCUT2D eigenvalue weighted by Gasteiger charge is -2.45. The highest BCUT2D eigenvalue weighted by molar-refractivity contribution is 5.81. The molecule has 1 atom stereocenters. The molecule has 0 radical (unpaired) electrons. The van der Waals surface area contributed by atoms with Crippen LogP contribution in [0, 0.1) is 0 Å². The Morgan fingerprint density at radius 1 is 1.38 bits per heavy atom. The summed E-state index contributed by atoms with van der Waals surface area (Å²) in [6.07, 6.45) is 6.21. The molecule has 0 spiro atoms. The molecule has 24 heavy (non-hydrogen) atoms. The molecule has 7 nitrogen and oxygen atoms in total. The minimum absolute atomic E-state index is 0.145. The van der Waals surface area contributed by atoms with Crippen LogP contribution in [-0.4, -0.2) is 74.8 Å². The van der Waals surface area contributed by atoms with E-state index in [9.17, 15) is 4.79 Å². The van der Waals surface area contributed by atoms with E-state index in [1.165, 1.54) is 25.9 Å². The number of nitrogens with one attached hydrogen (secondary N) is 3. The molecule has 136 valence electrons. The number of aliphatic imine (C=N–C) groups is 1. The van der Waals surface area contributed by atoms with Gasteiger partial charge >= 0.3 is 0 Å². The molecule has 3 saturated heterocycles. The predicted octanol–water partition coefficient (Wildman–Crippen LogP) is 0.0750. The third-order valence-electron chi connectivity index (χ3n) is 5.62. The highest BCUT2D eigenvalue weighted by Crippen LogP contribution is 2.30.